The summed E-state index contributed by atoms with van der Waals surface area (Å²) in [6.45, 7) is 5.47. The number of rotatable bonds is 8. The van der Waals surface area contributed by atoms with E-state index in [9.17, 15) is 0 Å². The molecule has 0 rings (SSSR count). The van der Waals surface area contributed by atoms with Crippen molar-refractivity contribution in [2.75, 3.05) is 20.3 Å². The quantitative estimate of drug-likeness (QED) is 0.449. The van der Waals surface area contributed by atoms with Crippen LogP contribution >= 0.6 is 0 Å². The monoisotopic (exact) mass is 205 g/mol. The minimum atomic E-state index is -0.000185. The Kier molecular flexibility index (Phi) is 8.75. The summed E-state index contributed by atoms with van der Waals surface area (Å²) in [6, 6.07) is 0. The number of nitrogens with one attached hydrogen (secondary N) is 1. The Morgan fingerprint density at radius 1 is 1.15 bits per heavy atom. The van der Waals surface area contributed by atoms with E-state index >= 15 is 0 Å². The molecule has 0 radical (unpaired) electrons. The highest BCUT2D eigenvalue weighted by molar-refractivity contribution is 6.11. The Balaban J connectivity index is 3.55. The molecular weight excluding hydrogens is 182 g/mol. The maximum Gasteiger partial charge on any atom is 0.157 e. The molecule has 80 valence electrons. The maximum atomic E-state index is 5.44. The van der Waals surface area contributed by atoms with E-state index in [1.807, 2.05) is 20.9 Å². The van der Waals surface area contributed by atoms with Gasteiger partial charge in [0.1, 0.15) is 0 Å². The lowest BCUT2D eigenvalue weighted by atomic mass is 10.3. The highest BCUT2D eigenvalue weighted by Gasteiger charge is 2.09. The smallest absolute Gasteiger partial charge is 0.157 e. The summed E-state index contributed by atoms with van der Waals surface area (Å²) in [7, 11) is 3.19. The molecule has 0 aromatic heterocycles. The predicted octanol–water partition coefficient (Wildman–Crippen LogP) is 0.0766. The molecule has 0 fully saturated rings. The number of hydrogen-bond donors (Lipinski definition) is 1. The van der Waals surface area contributed by atoms with Crippen molar-refractivity contribution in [1.82, 2.24) is 5.32 Å². The standard InChI is InChI=1S/C9H23NO2Si/c1-4-11-9(12-5-2)7-6-8(13)10-3/h8-10H,4-7H2,1-3,13H3. The minimum absolute atomic E-state index is 0.000185. The van der Waals surface area contributed by atoms with Crippen molar-refractivity contribution in [2.24, 2.45) is 0 Å². The Labute approximate surface area is 84.6 Å². The number of hydrogen-bond acceptors (Lipinski definition) is 3. The van der Waals surface area contributed by atoms with Crippen LogP contribution in [0.5, 0.6) is 0 Å². The third-order valence-electron chi connectivity index (χ3n) is 2.03. The fourth-order valence-electron chi connectivity index (χ4n) is 1.12. The Hall–Kier alpha value is 0.0969. The lowest BCUT2D eigenvalue weighted by molar-refractivity contribution is -0.140. The van der Waals surface area contributed by atoms with Crippen molar-refractivity contribution in [1.29, 1.82) is 0 Å². The molecule has 1 atom stereocenters. The van der Waals surface area contributed by atoms with Crippen LogP contribution in [0.25, 0.3) is 0 Å². The van der Waals surface area contributed by atoms with Gasteiger partial charge in [0.05, 0.1) is 0 Å². The van der Waals surface area contributed by atoms with E-state index in [4.69, 9.17) is 9.47 Å². The van der Waals surface area contributed by atoms with E-state index < -0.39 is 0 Å². The van der Waals surface area contributed by atoms with Gasteiger partial charge in [0.15, 0.2) is 6.29 Å². The second kappa shape index (κ2) is 8.68. The highest BCUT2D eigenvalue weighted by atomic mass is 28.1. The molecule has 13 heavy (non-hydrogen) atoms. The first-order valence-electron chi connectivity index (χ1n) is 5.15. The molecule has 1 unspecified atom stereocenters. The second-order valence-corrected chi connectivity index (χ2v) is 4.50. The van der Waals surface area contributed by atoms with Crippen molar-refractivity contribution in [3.8, 4) is 0 Å². The molecule has 4 heteroatoms. The van der Waals surface area contributed by atoms with Gasteiger partial charge in [-0.1, -0.05) is 0 Å². The van der Waals surface area contributed by atoms with E-state index in [2.05, 4.69) is 5.32 Å². The summed E-state index contributed by atoms with van der Waals surface area (Å²) in [5.74, 6) is 0. The van der Waals surface area contributed by atoms with E-state index in [1.165, 1.54) is 10.2 Å². The summed E-state index contributed by atoms with van der Waals surface area (Å²) >= 11 is 0. The van der Waals surface area contributed by atoms with Crippen molar-refractivity contribution in [2.45, 2.75) is 38.6 Å². The van der Waals surface area contributed by atoms with E-state index in [1.54, 1.807) is 0 Å². The van der Waals surface area contributed by atoms with Gasteiger partial charge in [0.25, 0.3) is 0 Å². The fraction of sp³-hybridized carbons (Fsp3) is 1.00. The van der Waals surface area contributed by atoms with Gasteiger partial charge in [-0.3, -0.25) is 0 Å². The van der Waals surface area contributed by atoms with Crippen molar-refractivity contribution < 1.29 is 9.47 Å². The third-order valence-corrected chi connectivity index (χ3v) is 3.19. The molecule has 0 heterocycles. The lowest BCUT2D eigenvalue weighted by Gasteiger charge is -2.18. The summed E-state index contributed by atoms with van der Waals surface area (Å²) in [6.07, 6.45) is 2.14. The molecule has 0 spiro atoms. The van der Waals surface area contributed by atoms with E-state index in [0.29, 0.717) is 5.67 Å². The molecule has 0 saturated carbocycles. The van der Waals surface area contributed by atoms with Crippen LogP contribution < -0.4 is 5.32 Å². The SMILES string of the molecule is CCOC(CCC([SiH3])NC)OCC. The fourth-order valence-corrected chi connectivity index (χ4v) is 1.45. The van der Waals surface area contributed by atoms with Crippen LogP contribution in [-0.4, -0.2) is 42.5 Å². The molecule has 0 aliphatic rings. The maximum absolute atomic E-state index is 5.44. The summed E-state index contributed by atoms with van der Waals surface area (Å²) < 4.78 is 10.9. The molecule has 0 aromatic rings. The van der Waals surface area contributed by atoms with Crippen LogP contribution in [0.3, 0.4) is 0 Å². The summed E-state index contributed by atoms with van der Waals surface area (Å²) in [5.41, 5.74) is 0.670. The van der Waals surface area contributed by atoms with Gasteiger partial charge in [0.2, 0.25) is 0 Å². The van der Waals surface area contributed by atoms with Crippen molar-refractivity contribution in [3.63, 3.8) is 0 Å². The minimum Gasteiger partial charge on any atom is -0.353 e. The molecule has 0 aliphatic heterocycles. The van der Waals surface area contributed by atoms with Crippen LogP contribution in [-0.2, 0) is 9.47 Å². The van der Waals surface area contributed by atoms with Crippen LogP contribution in [0.1, 0.15) is 26.7 Å². The summed E-state index contributed by atoms with van der Waals surface area (Å²) in [4.78, 5) is 0. The normalized spacial score (nSPS) is 13.8. The predicted molar refractivity (Wildman–Crippen MR) is 59.1 cm³/mol. The van der Waals surface area contributed by atoms with Gasteiger partial charge in [-0.25, -0.2) is 0 Å². The van der Waals surface area contributed by atoms with Crippen LogP contribution in [0.15, 0.2) is 0 Å². The number of ether oxygens (including phenoxy) is 2. The Bertz CT molecular complexity index is 108. The molecule has 0 aliphatic carbocycles. The topological polar surface area (TPSA) is 30.5 Å². The average molecular weight is 205 g/mol. The molecule has 3 nitrogen and oxygen atoms in total. The van der Waals surface area contributed by atoms with Crippen molar-refractivity contribution in [3.05, 3.63) is 0 Å². The zero-order valence-electron chi connectivity index (χ0n) is 9.30. The molecule has 0 amide bonds. The third kappa shape index (κ3) is 7.19. The molecular formula is C9H23NO2Si. The zero-order chi connectivity index (χ0) is 10.1. The van der Waals surface area contributed by atoms with Gasteiger partial charge in [0, 0.05) is 23.5 Å². The largest absolute Gasteiger partial charge is 0.353 e. The Morgan fingerprint density at radius 2 is 1.69 bits per heavy atom. The molecule has 0 bridgehead atoms. The Morgan fingerprint density at radius 3 is 2.08 bits per heavy atom. The summed E-state index contributed by atoms with van der Waals surface area (Å²) in [5, 5.41) is 3.26. The first-order valence-corrected chi connectivity index (χ1v) is 6.30. The van der Waals surface area contributed by atoms with E-state index in [-0.39, 0.29) is 6.29 Å². The van der Waals surface area contributed by atoms with Crippen molar-refractivity contribution >= 4 is 10.2 Å². The molecule has 0 saturated heterocycles. The van der Waals surface area contributed by atoms with Gasteiger partial charge in [-0.15, -0.1) is 0 Å². The first kappa shape index (κ1) is 13.1. The second-order valence-electron chi connectivity index (χ2n) is 3.11. The lowest BCUT2D eigenvalue weighted by Crippen LogP contribution is -2.28. The molecule has 1 N–H and O–H groups in total. The van der Waals surface area contributed by atoms with Gasteiger partial charge in [-0.05, 0) is 39.4 Å². The average Bonchev–Trinajstić information content (AvgIpc) is 2.14. The van der Waals surface area contributed by atoms with Crippen LogP contribution in [0, 0.1) is 0 Å². The van der Waals surface area contributed by atoms with Gasteiger partial charge < -0.3 is 14.8 Å². The van der Waals surface area contributed by atoms with Crippen LogP contribution in [0.4, 0.5) is 0 Å². The first-order chi connectivity index (χ1) is 6.24. The molecule has 0 aromatic carbocycles. The van der Waals surface area contributed by atoms with Crippen LogP contribution in [0.2, 0.25) is 0 Å². The van der Waals surface area contributed by atoms with Gasteiger partial charge in [-0.2, -0.15) is 0 Å². The van der Waals surface area contributed by atoms with Gasteiger partial charge >= 0.3 is 0 Å². The van der Waals surface area contributed by atoms with E-state index in [0.717, 1.165) is 26.1 Å². The highest BCUT2D eigenvalue weighted by Crippen LogP contribution is 2.05. The zero-order valence-corrected chi connectivity index (χ0v) is 11.3.